The molecule has 0 radical (unpaired) electrons. The normalized spacial score (nSPS) is 18.3. The molecule has 8 heteroatoms. The standard InChI is InChI=1S/C24H29N3O4S/c1-3-26(4-2)32(30,31)22-12-10-21(11-13-22)27-16-19(15-23(27)28)24(29)25-20-9-8-17-6-5-7-18(17)14-20/h8-14,19H,3-7,15-16H2,1-2H3,(H,25,29)/t19-/m1/s1. The van der Waals surface area contributed by atoms with Crippen LogP contribution in [-0.2, 0) is 32.5 Å². The topological polar surface area (TPSA) is 86.8 Å². The molecule has 4 rings (SSSR count). The second kappa shape index (κ2) is 9.03. The Morgan fingerprint density at radius 1 is 1.06 bits per heavy atom. The number of benzene rings is 2. The van der Waals surface area contributed by atoms with Gasteiger partial charge in [0.2, 0.25) is 21.8 Å². The summed E-state index contributed by atoms with van der Waals surface area (Å²) >= 11 is 0. The van der Waals surface area contributed by atoms with E-state index < -0.39 is 15.9 Å². The van der Waals surface area contributed by atoms with Crippen LogP contribution in [0.1, 0.15) is 37.8 Å². The minimum absolute atomic E-state index is 0.135. The van der Waals surface area contributed by atoms with Gasteiger partial charge in [-0.1, -0.05) is 19.9 Å². The number of hydrogen-bond donors (Lipinski definition) is 1. The van der Waals surface area contributed by atoms with Gasteiger partial charge >= 0.3 is 0 Å². The van der Waals surface area contributed by atoms with Gasteiger partial charge in [0.15, 0.2) is 0 Å². The second-order valence-corrected chi connectivity index (χ2v) is 10.3. The van der Waals surface area contributed by atoms with Crippen molar-refractivity contribution in [2.24, 2.45) is 5.92 Å². The fourth-order valence-electron chi connectivity index (χ4n) is 4.54. The molecule has 2 aromatic rings. The van der Waals surface area contributed by atoms with Crippen LogP contribution < -0.4 is 10.2 Å². The molecule has 0 spiro atoms. The van der Waals surface area contributed by atoms with Gasteiger partial charge in [0.25, 0.3) is 0 Å². The lowest BCUT2D eigenvalue weighted by Gasteiger charge is -2.20. The Hall–Kier alpha value is -2.71. The lowest BCUT2D eigenvalue weighted by molar-refractivity contribution is -0.122. The summed E-state index contributed by atoms with van der Waals surface area (Å²) in [7, 11) is -3.55. The molecule has 1 saturated heterocycles. The number of carbonyl (C=O) groups excluding carboxylic acids is 2. The van der Waals surface area contributed by atoms with Gasteiger partial charge in [0.1, 0.15) is 0 Å². The first-order chi connectivity index (χ1) is 15.3. The minimum Gasteiger partial charge on any atom is -0.326 e. The van der Waals surface area contributed by atoms with E-state index in [2.05, 4.69) is 11.4 Å². The lowest BCUT2D eigenvalue weighted by Crippen LogP contribution is -2.31. The number of sulfonamides is 1. The molecule has 32 heavy (non-hydrogen) atoms. The molecule has 1 aliphatic carbocycles. The summed E-state index contributed by atoms with van der Waals surface area (Å²) in [5.74, 6) is -0.757. The molecule has 2 aliphatic rings. The van der Waals surface area contributed by atoms with Crippen LogP contribution in [0.15, 0.2) is 47.4 Å². The molecule has 0 aromatic heterocycles. The SMILES string of the molecule is CCN(CC)S(=O)(=O)c1ccc(N2C[C@H](C(=O)Nc3ccc4c(c3)CCC4)CC2=O)cc1. The summed E-state index contributed by atoms with van der Waals surface area (Å²) in [6, 6.07) is 12.3. The molecule has 170 valence electrons. The summed E-state index contributed by atoms with van der Waals surface area (Å²) in [6.07, 6.45) is 3.41. The van der Waals surface area contributed by atoms with Gasteiger partial charge in [0, 0.05) is 37.4 Å². The van der Waals surface area contributed by atoms with Gasteiger partial charge in [-0.25, -0.2) is 8.42 Å². The van der Waals surface area contributed by atoms with E-state index in [9.17, 15) is 18.0 Å². The summed E-state index contributed by atoms with van der Waals surface area (Å²) in [5.41, 5.74) is 4.00. The van der Waals surface area contributed by atoms with E-state index in [1.165, 1.54) is 27.6 Å². The number of nitrogens with zero attached hydrogens (tertiary/aromatic N) is 2. The molecule has 7 nitrogen and oxygen atoms in total. The number of carbonyl (C=O) groups is 2. The Labute approximate surface area is 189 Å². The Kier molecular flexibility index (Phi) is 6.35. The highest BCUT2D eigenvalue weighted by molar-refractivity contribution is 7.89. The Morgan fingerprint density at radius 2 is 1.75 bits per heavy atom. The maximum Gasteiger partial charge on any atom is 0.243 e. The van der Waals surface area contributed by atoms with Crippen molar-refractivity contribution in [3.8, 4) is 0 Å². The predicted octanol–water partition coefficient (Wildman–Crippen LogP) is 3.20. The highest BCUT2D eigenvalue weighted by atomic mass is 32.2. The summed E-state index contributed by atoms with van der Waals surface area (Å²) < 4.78 is 26.7. The van der Waals surface area contributed by atoms with E-state index in [0.29, 0.717) is 18.8 Å². The molecule has 1 atom stereocenters. The van der Waals surface area contributed by atoms with Crippen molar-refractivity contribution in [2.45, 2.75) is 44.4 Å². The van der Waals surface area contributed by atoms with Crippen LogP contribution in [0.4, 0.5) is 11.4 Å². The molecular weight excluding hydrogens is 426 g/mol. The van der Waals surface area contributed by atoms with Crippen LogP contribution in [0.5, 0.6) is 0 Å². The average Bonchev–Trinajstić information content (AvgIpc) is 3.40. The third-order valence-electron chi connectivity index (χ3n) is 6.35. The lowest BCUT2D eigenvalue weighted by atomic mass is 10.1. The number of aryl methyl sites for hydroxylation is 2. The van der Waals surface area contributed by atoms with Crippen LogP contribution in [0.3, 0.4) is 0 Å². The van der Waals surface area contributed by atoms with Gasteiger partial charge in [-0.2, -0.15) is 4.31 Å². The van der Waals surface area contributed by atoms with Gasteiger partial charge < -0.3 is 10.2 Å². The summed E-state index contributed by atoms with van der Waals surface area (Å²) in [6.45, 7) is 4.66. The van der Waals surface area contributed by atoms with Crippen LogP contribution in [0.25, 0.3) is 0 Å². The molecule has 0 unspecified atom stereocenters. The molecule has 0 bridgehead atoms. The van der Waals surface area contributed by atoms with Crippen molar-refractivity contribution in [2.75, 3.05) is 29.9 Å². The number of rotatable bonds is 7. The molecule has 2 aromatic carbocycles. The second-order valence-electron chi connectivity index (χ2n) is 8.31. The largest absolute Gasteiger partial charge is 0.326 e. The van der Waals surface area contributed by atoms with Crippen molar-refractivity contribution in [3.05, 3.63) is 53.6 Å². The molecule has 1 fully saturated rings. The van der Waals surface area contributed by atoms with Crippen molar-refractivity contribution in [3.63, 3.8) is 0 Å². The van der Waals surface area contributed by atoms with Gasteiger partial charge in [0.05, 0.1) is 10.8 Å². The van der Waals surface area contributed by atoms with E-state index >= 15 is 0 Å². The van der Waals surface area contributed by atoms with Crippen LogP contribution >= 0.6 is 0 Å². The molecule has 1 aliphatic heterocycles. The van der Waals surface area contributed by atoms with Crippen LogP contribution in [0, 0.1) is 5.92 Å². The van der Waals surface area contributed by atoms with Crippen LogP contribution in [-0.4, -0.2) is 44.2 Å². The maximum atomic E-state index is 12.8. The van der Waals surface area contributed by atoms with E-state index in [0.717, 1.165) is 24.9 Å². The first-order valence-corrected chi connectivity index (χ1v) is 12.6. The minimum atomic E-state index is -3.55. The van der Waals surface area contributed by atoms with Crippen molar-refractivity contribution in [1.29, 1.82) is 0 Å². The predicted molar refractivity (Wildman–Crippen MR) is 124 cm³/mol. The first kappa shape index (κ1) is 22.5. The Bertz CT molecular complexity index is 1120. The number of amides is 2. The van der Waals surface area contributed by atoms with Gasteiger partial charge in [-0.05, 0) is 66.8 Å². The van der Waals surface area contributed by atoms with Gasteiger partial charge in [-0.15, -0.1) is 0 Å². The molecule has 2 amide bonds. The van der Waals surface area contributed by atoms with Crippen LogP contribution in [0.2, 0.25) is 0 Å². The monoisotopic (exact) mass is 455 g/mol. The maximum absolute atomic E-state index is 12.8. The van der Waals surface area contributed by atoms with E-state index in [1.54, 1.807) is 30.9 Å². The fraction of sp³-hybridized carbons (Fsp3) is 0.417. The number of nitrogens with one attached hydrogen (secondary N) is 1. The zero-order valence-electron chi connectivity index (χ0n) is 18.5. The van der Waals surface area contributed by atoms with E-state index in [1.807, 2.05) is 12.1 Å². The number of anilines is 2. The Balaban J connectivity index is 1.44. The summed E-state index contributed by atoms with van der Waals surface area (Å²) in [4.78, 5) is 27.1. The van der Waals surface area contributed by atoms with Crippen molar-refractivity contribution < 1.29 is 18.0 Å². The van der Waals surface area contributed by atoms with Gasteiger partial charge in [-0.3, -0.25) is 9.59 Å². The van der Waals surface area contributed by atoms with E-state index in [4.69, 9.17) is 0 Å². The number of hydrogen-bond acceptors (Lipinski definition) is 4. The molecular formula is C24H29N3O4S. The fourth-order valence-corrected chi connectivity index (χ4v) is 6.00. The number of fused-ring (bicyclic) bond motifs is 1. The first-order valence-electron chi connectivity index (χ1n) is 11.2. The molecule has 1 heterocycles. The summed E-state index contributed by atoms with van der Waals surface area (Å²) in [5, 5.41) is 2.96. The zero-order valence-corrected chi connectivity index (χ0v) is 19.3. The highest BCUT2D eigenvalue weighted by Gasteiger charge is 2.35. The smallest absolute Gasteiger partial charge is 0.243 e. The zero-order chi connectivity index (χ0) is 22.9. The average molecular weight is 456 g/mol. The molecule has 0 saturated carbocycles. The van der Waals surface area contributed by atoms with E-state index in [-0.39, 0.29) is 29.7 Å². The van der Waals surface area contributed by atoms with Crippen molar-refractivity contribution >= 4 is 33.2 Å². The molecule has 1 N–H and O–H groups in total. The third-order valence-corrected chi connectivity index (χ3v) is 8.42. The highest BCUT2D eigenvalue weighted by Crippen LogP contribution is 2.29. The Morgan fingerprint density at radius 3 is 2.44 bits per heavy atom. The third kappa shape index (κ3) is 4.29. The van der Waals surface area contributed by atoms with Crippen molar-refractivity contribution in [1.82, 2.24) is 4.31 Å². The quantitative estimate of drug-likeness (QED) is 0.695.